The van der Waals surface area contributed by atoms with Crippen LogP contribution in [0.3, 0.4) is 0 Å². The van der Waals surface area contributed by atoms with Crippen LogP contribution in [0.15, 0.2) is 30.3 Å². The molecule has 0 unspecified atom stereocenters. The van der Waals surface area contributed by atoms with E-state index >= 15 is 0 Å². The first-order valence-electron chi connectivity index (χ1n) is 7.22. The Morgan fingerprint density at radius 1 is 1.26 bits per heavy atom. The molecule has 4 atom stereocenters. The summed E-state index contributed by atoms with van der Waals surface area (Å²) in [7, 11) is 7.08. The molecule has 1 aromatic carbocycles. The normalized spacial score (nSPS) is 46.5. The first kappa shape index (κ1) is 13.0. The second-order valence-corrected chi connectivity index (χ2v) is 16.4. The van der Waals surface area contributed by atoms with Gasteiger partial charge in [0.1, 0.15) is 0 Å². The third kappa shape index (κ3) is 1.53. The molecule has 1 aromatic rings. The van der Waals surface area contributed by atoms with E-state index in [4.69, 9.17) is 12.1 Å². The molecule has 3 fully saturated rings. The zero-order valence-corrected chi connectivity index (χ0v) is 14.7. The summed E-state index contributed by atoms with van der Waals surface area (Å²) in [5.41, 5.74) is 0.811. The second-order valence-electron chi connectivity index (χ2n) is 6.99. The Hall–Kier alpha value is 0.260. The molecule has 4 rings (SSSR count). The van der Waals surface area contributed by atoms with Crippen molar-refractivity contribution in [1.29, 1.82) is 0 Å². The van der Waals surface area contributed by atoms with Crippen molar-refractivity contribution in [3.05, 3.63) is 30.3 Å². The summed E-state index contributed by atoms with van der Waals surface area (Å²) in [6.45, 7) is 4.93. The average molecular weight is 392 g/mol. The van der Waals surface area contributed by atoms with E-state index in [-0.39, 0.29) is 0 Å². The van der Waals surface area contributed by atoms with E-state index in [9.17, 15) is 0 Å². The summed E-state index contributed by atoms with van der Waals surface area (Å²) in [5, 5.41) is 0. The fourth-order valence-electron chi connectivity index (χ4n) is 4.79. The van der Waals surface area contributed by atoms with Crippen LogP contribution in [-0.2, 0) is 3.10 Å². The van der Waals surface area contributed by atoms with Crippen molar-refractivity contribution in [2.75, 3.05) is 0 Å². The molecule has 19 heavy (non-hydrogen) atoms. The second kappa shape index (κ2) is 3.92. The minimum absolute atomic E-state index is 0.385. The number of halogens is 1. The monoisotopic (exact) mass is 394 g/mol. The molecule has 1 saturated heterocycles. The molecule has 0 radical (unpaired) electrons. The predicted octanol–water partition coefficient (Wildman–Crippen LogP) is 3.80. The Morgan fingerprint density at radius 2 is 2.00 bits per heavy atom. The zero-order valence-electron chi connectivity index (χ0n) is 11.6. The molecule has 0 amide bonds. The van der Waals surface area contributed by atoms with Crippen molar-refractivity contribution in [1.82, 2.24) is 0 Å². The summed E-state index contributed by atoms with van der Waals surface area (Å²) in [6, 6.07) is 10.6. The Kier molecular flexibility index (Phi) is 2.67. The van der Waals surface area contributed by atoms with Crippen LogP contribution in [0.25, 0.3) is 0 Å². The van der Waals surface area contributed by atoms with Crippen LogP contribution < -0.4 is 3.61 Å². The molecule has 104 valence electrons. The van der Waals surface area contributed by atoms with Gasteiger partial charge in [0.2, 0.25) is 0 Å². The Labute approximate surface area is 123 Å². The third-order valence-corrected chi connectivity index (χ3v) is 15.4. The van der Waals surface area contributed by atoms with E-state index in [0.29, 0.717) is 16.9 Å². The van der Waals surface area contributed by atoms with Gasteiger partial charge in [-0.1, -0.05) is 0 Å². The fraction of sp³-hybridized carbons (Fsp3) is 0.625. The molecular weight excluding hydrogens is 371 g/mol. The van der Waals surface area contributed by atoms with E-state index in [0.717, 1.165) is 10.4 Å². The SMILES string of the molecule is CC1(C)[C@@H]2CC[C@]13C[Te@@](Cl)(c1ccccc1)O[C@@H]3C2. The van der Waals surface area contributed by atoms with Gasteiger partial charge in [-0.05, 0) is 0 Å². The predicted molar refractivity (Wildman–Crippen MR) is 80.9 cm³/mol. The van der Waals surface area contributed by atoms with Gasteiger partial charge in [0, 0.05) is 0 Å². The van der Waals surface area contributed by atoms with E-state index in [1.54, 1.807) is 0 Å². The van der Waals surface area contributed by atoms with Gasteiger partial charge in [-0.25, -0.2) is 0 Å². The number of benzene rings is 1. The van der Waals surface area contributed by atoms with Crippen molar-refractivity contribution in [2.24, 2.45) is 16.7 Å². The molecule has 2 aliphatic carbocycles. The van der Waals surface area contributed by atoms with Crippen LogP contribution >= 0.6 is 8.96 Å². The van der Waals surface area contributed by atoms with E-state index in [1.165, 1.54) is 22.9 Å². The molecule has 3 aliphatic rings. The first-order valence-corrected chi connectivity index (χ1v) is 13.9. The van der Waals surface area contributed by atoms with Crippen molar-refractivity contribution in [2.45, 2.75) is 43.7 Å². The zero-order chi connectivity index (χ0) is 13.3. The van der Waals surface area contributed by atoms with Crippen molar-refractivity contribution in [3.8, 4) is 0 Å². The van der Waals surface area contributed by atoms with Crippen molar-refractivity contribution in [3.63, 3.8) is 0 Å². The number of fused-ring (bicyclic) bond motifs is 1. The van der Waals surface area contributed by atoms with Crippen LogP contribution in [0.5, 0.6) is 0 Å². The third-order valence-electron chi connectivity index (χ3n) is 6.16. The maximum atomic E-state index is 7.08. The molecule has 1 spiro atoms. The molecule has 3 heteroatoms. The van der Waals surface area contributed by atoms with Gasteiger partial charge in [0.15, 0.2) is 0 Å². The van der Waals surface area contributed by atoms with E-state index in [1.807, 2.05) is 0 Å². The van der Waals surface area contributed by atoms with Crippen molar-refractivity contribution < 1.29 is 3.10 Å². The maximum absolute atomic E-state index is 7.08. The summed E-state index contributed by atoms with van der Waals surface area (Å²) in [4.78, 5) is 0. The van der Waals surface area contributed by atoms with Crippen LogP contribution in [-0.4, -0.2) is 23.6 Å². The van der Waals surface area contributed by atoms with Gasteiger partial charge >= 0.3 is 124 Å². The number of hydrogen-bond acceptors (Lipinski definition) is 1. The summed E-state index contributed by atoms with van der Waals surface area (Å²) in [6.07, 6.45) is 4.42. The number of rotatable bonds is 1. The molecule has 2 saturated carbocycles. The van der Waals surface area contributed by atoms with E-state index in [2.05, 4.69) is 44.2 Å². The summed E-state index contributed by atoms with van der Waals surface area (Å²) < 4.78 is 9.05. The van der Waals surface area contributed by atoms with Gasteiger partial charge in [-0.3, -0.25) is 0 Å². The average Bonchev–Trinajstić information content (AvgIpc) is 2.91. The van der Waals surface area contributed by atoms with Gasteiger partial charge in [-0.2, -0.15) is 0 Å². The standard InChI is InChI=1S/C16H21ClOTe/c1-15(2)12-8-9-16(15)11-19(17,18-14(16)10-12)13-6-4-3-5-7-13/h3-7,12,14H,8-11H2,1-2H3/t12-,14-,16-/m1/s1. The Balaban J connectivity index is 1.75. The van der Waals surface area contributed by atoms with Gasteiger partial charge in [-0.15, -0.1) is 0 Å². The molecule has 1 heterocycles. The first-order chi connectivity index (χ1) is 8.98. The molecule has 0 aromatic heterocycles. The van der Waals surface area contributed by atoms with Gasteiger partial charge < -0.3 is 0 Å². The Morgan fingerprint density at radius 3 is 2.63 bits per heavy atom. The molecule has 1 aliphatic heterocycles. The van der Waals surface area contributed by atoms with Crippen LogP contribution in [0.1, 0.15) is 33.1 Å². The van der Waals surface area contributed by atoms with Gasteiger partial charge in [0.25, 0.3) is 0 Å². The molecular formula is C16H21ClOTe. The summed E-state index contributed by atoms with van der Waals surface area (Å²) in [5.74, 6) is 0.859. The van der Waals surface area contributed by atoms with E-state index < -0.39 is 17.5 Å². The molecule has 1 nitrogen and oxygen atoms in total. The Bertz CT molecular complexity index is 517. The van der Waals surface area contributed by atoms with Crippen LogP contribution in [0, 0.1) is 16.7 Å². The fourth-order valence-corrected chi connectivity index (χ4v) is 15.7. The minimum atomic E-state index is -2.85. The van der Waals surface area contributed by atoms with Crippen LogP contribution in [0.4, 0.5) is 0 Å². The quantitative estimate of drug-likeness (QED) is 0.661. The van der Waals surface area contributed by atoms with Gasteiger partial charge in [0.05, 0.1) is 0 Å². The summed E-state index contributed by atoms with van der Waals surface area (Å²) >= 11 is -2.85. The number of hydrogen-bond donors (Lipinski definition) is 0. The molecule has 0 N–H and O–H groups in total. The topological polar surface area (TPSA) is 9.23 Å². The molecule has 2 bridgehead atoms. The van der Waals surface area contributed by atoms with Crippen LogP contribution in [0.2, 0.25) is 4.47 Å². The van der Waals surface area contributed by atoms with Crippen molar-refractivity contribution >= 4 is 30.0 Å².